The first kappa shape index (κ1) is 42.9. The zero-order valence-electron chi connectivity index (χ0n) is 27.4. The third-order valence-electron chi connectivity index (χ3n) is 7.49. The zero-order valence-corrected chi connectivity index (χ0v) is 29.2. The minimum absolute atomic E-state index is 0. The van der Waals surface area contributed by atoms with Gasteiger partial charge in [0.25, 0.3) is 0 Å². The molecule has 0 aliphatic heterocycles. The van der Waals surface area contributed by atoms with Crippen LogP contribution in [0.3, 0.4) is 0 Å². The molecule has 8 rings (SSSR count). The summed E-state index contributed by atoms with van der Waals surface area (Å²) in [6.07, 6.45) is 7.21. The topological polar surface area (TPSA) is 262 Å². The molecule has 0 fully saturated rings. The van der Waals surface area contributed by atoms with Gasteiger partial charge in [-0.05, 0) is 59.7 Å². The maximum atomic E-state index is 12.3. The van der Waals surface area contributed by atoms with Gasteiger partial charge < -0.3 is 36.2 Å². The van der Waals surface area contributed by atoms with E-state index < -0.39 is 21.8 Å². The molecule has 0 spiro atoms. The first-order valence-electron chi connectivity index (χ1n) is 14.8. The Bertz CT molecular complexity index is 2310. The van der Waals surface area contributed by atoms with Crippen molar-refractivity contribution in [1.29, 1.82) is 0 Å². The van der Waals surface area contributed by atoms with Crippen LogP contribution in [0.4, 0.5) is 0 Å². The van der Waals surface area contributed by atoms with Gasteiger partial charge in [-0.3, -0.25) is 19.9 Å². The van der Waals surface area contributed by atoms with E-state index in [1.54, 1.807) is 24.8 Å². The summed E-state index contributed by atoms with van der Waals surface area (Å²) in [7, 11) is -3.85. The fourth-order valence-corrected chi connectivity index (χ4v) is 6.30. The maximum absolute atomic E-state index is 12.3. The van der Waals surface area contributed by atoms with Crippen molar-refractivity contribution in [3.63, 3.8) is 0 Å². The molecule has 53 heavy (non-hydrogen) atoms. The number of hydrogen-bond donors (Lipinski definition) is 0. The van der Waals surface area contributed by atoms with E-state index in [-0.39, 0.29) is 53.8 Å². The maximum Gasteiger partial charge on any atom is 2.00 e. The Balaban J connectivity index is 0.000000271. The third kappa shape index (κ3) is 9.57. The summed E-state index contributed by atoms with van der Waals surface area (Å²) < 4.78 is 24.5. The van der Waals surface area contributed by atoms with E-state index in [4.69, 9.17) is 0 Å². The van der Waals surface area contributed by atoms with Gasteiger partial charge in [-0.15, -0.1) is 0 Å². The van der Waals surface area contributed by atoms with Gasteiger partial charge in [-0.1, -0.05) is 72.8 Å². The van der Waals surface area contributed by atoms with Crippen molar-refractivity contribution in [2.24, 2.45) is 0 Å². The molecule has 0 saturated carbocycles. The number of hydrogen-bond acceptors (Lipinski definition) is 10. The van der Waals surface area contributed by atoms with E-state index in [1.807, 2.05) is 24.3 Å². The first-order valence-corrected chi connectivity index (χ1v) is 16.3. The Morgan fingerprint density at radius 3 is 0.906 bits per heavy atom. The molecule has 15 heteroatoms. The Kier molecular flexibility index (Phi) is 15.3. The number of sulfone groups is 1. The summed E-state index contributed by atoms with van der Waals surface area (Å²) in [6, 6.07) is 33.4. The summed E-state index contributed by atoms with van der Waals surface area (Å²) in [5.74, 6) is -2.81. The Labute approximate surface area is 312 Å². The van der Waals surface area contributed by atoms with Crippen LogP contribution < -0.4 is 10.2 Å². The average molecular weight is 778 g/mol. The van der Waals surface area contributed by atoms with E-state index in [2.05, 4.69) is 68.5 Å². The van der Waals surface area contributed by atoms with Gasteiger partial charge in [0, 0.05) is 46.3 Å². The van der Waals surface area contributed by atoms with Crippen molar-refractivity contribution in [3.8, 4) is 0 Å². The first-order chi connectivity index (χ1) is 23.7. The van der Waals surface area contributed by atoms with Crippen LogP contribution in [0.2, 0.25) is 0 Å². The Morgan fingerprint density at radius 1 is 0.434 bits per heavy atom. The molecule has 4 aromatic heterocycles. The van der Waals surface area contributed by atoms with E-state index in [9.17, 15) is 28.2 Å². The van der Waals surface area contributed by atoms with E-state index in [0.717, 1.165) is 92.1 Å². The standard InChI is InChI=1S/C14H10O6S.2C12H8N2.Ni.3H2O/c15-13(16)9-1-5-11(6-2-9)21(19,20)12-7-3-10(4-8-12)14(17)18;2*1-3-9-5-6-10-4-2-8-14-12(10)11(9)13-7-1;;;;/h1-8H,(H,15,16)(H,17,18);2*1-8H;;3*1H2/q;;;+2;;;/p-1. The predicted octanol–water partition coefficient (Wildman–Crippen LogP) is 2.24. The number of carbonyl (C=O) groups excluding carboxylic acids is 2. The van der Waals surface area contributed by atoms with Crippen molar-refractivity contribution in [2.75, 3.05) is 0 Å². The molecule has 7 N–H and O–H groups in total. The number of nitrogens with zero attached hydrogens (tertiary/aromatic N) is 4. The molecular formula is C38H31N4NiO9S+. The Morgan fingerprint density at radius 2 is 0.679 bits per heavy atom. The molecule has 0 radical (unpaired) electrons. The molecular weight excluding hydrogens is 747 g/mol. The zero-order chi connectivity index (χ0) is 34.4. The number of fused-ring (bicyclic) bond motifs is 6. The van der Waals surface area contributed by atoms with Crippen LogP contribution in [-0.4, -0.2) is 51.2 Å². The number of benzene rings is 4. The molecule has 0 aliphatic carbocycles. The third-order valence-corrected chi connectivity index (χ3v) is 9.28. The van der Waals surface area contributed by atoms with Crippen LogP contribution in [0.25, 0.3) is 43.6 Å². The molecule has 13 nitrogen and oxygen atoms in total. The minimum Gasteiger partial charge on any atom is -0.545 e. The number of pyridine rings is 4. The van der Waals surface area contributed by atoms with Crippen LogP contribution in [0, 0.1) is 0 Å². The normalized spacial score (nSPS) is 10.1. The molecule has 4 heterocycles. The SMILES string of the molecule is O.O.O=C([O-])c1ccc(S(=O)(=O)c2ccc(C(=O)[O-])cc2)cc1.[Ni+2].[OH3+].c1cnc2c(c1)ccc1cccnc12.c1cnc2c(c1)ccc1cccnc12. The second kappa shape index (κ2) is 18.9. The van der Waals surface area contributed by atoms with E-state index in [1.165, 1.54) is 0 Å². The van der Waals surface area contributed by atoms with Gasteiger partial charge in [0.1, 0.15) is 0 Å². The van der Waals surface area contributed by atoms with Gasteiger partial charge >= 0.3 is 16.5 Å². The molecule has 272 valence electrons. The molecule has 0 amide bonds. The number of carboxylic acid groups (broad SMARTS) is 2. The molecule has 0 atom stereocenters. The average Bonchev–Trinajstić information content (AvgIpc) is 3.15. The largest absolute Gasteiger partial charge is 2.00 e. The summed E-state index contributed by atoms with van der Waals surface area (Å²) in [5.41, 5.74) is 3.63. The predicted molar refractivity (Wildman–Crippen MR) is 193 cm³/mol. The molecule has 0 unspecified atom stereocenters. The van der Waals surface area contributed by atoms with Crippen molar-refractivity contribution in [3.05, 3.63) is 157 Å². The second-order valence-electron chi connectivity index (χ2n) is 10.6. The molecule has 0 bridgehead atoms. The van der Waals surface area contributed by atoms with Crippen molar-refractivity contribution in [2.45, 2.75) is 9.79 Å². The number of aromatic nitrogens is 4. The summed E-state index contributed by atoms with van der Waals surface area (Å²) in [6.45, 7) is 0. The van der Waals surface area contributed by atoms with Crippen LogP contribution in [-0.2, 0) is 31.8 Å². The quantitative estimate of drug-likeness (QED) is 0.143. The van der Waals surface area contributed by atoms with Crippen molar-refractivity contribution in [1.82, 2.24) is 19.9 Å². The molecule has 8 aromatic rings. The van der Waals surface area contributed by atoms with Gasteiger partial charge in [-0.2, -0.15) is 0 Å². The van der Waals surface area contributed by atoms with Gasteiger partial charge in [-0.25, -0.2) is 8.42 Å². The number of carbonyl (C=O) groups is 2. The fourth-order valence-electron chi connectivity index (χ4n) is 5.04. The minimum atomic E-state index is -3.85. The van der Waals surface area contributed by atoms with Crippen LogP contribution >= 0.6 is 0 Å². The van der Waals surface area contributed by atoms with Crippen LogP contribution in [0.15, 0.2) is 156 Å². The number of rotatable bonds is 4. The van der Waals surface area contributed by atoms with E-state index >= 15 is 0 Å². The molecule has 0 aliphatic rings. The van der Waals surface area contributed by atoms with Gasteiger partial charge in [0.2, 0.25) is 9.84 Å². The van der Waals surface area contributed by atoms with Crippen LogP contribution in [0.5, 0.6) is 0 Å². The van der Waals surface area contributed by atoms with Crippen molar-refractivity contribution < 1.29 is 61.1 Å². The Hall–Kier alpha value is -6.22. The summed E-state index contributed by atoms with van der Waals surface area (Å²) >= 11 is 0. The van der Waals surface area contributed by atoms with Crippen LogP contribution in [0.1, 0.15) is 20.7 Å². The van der Waals surface area contributed by atoms with E-state index in [0.29, 0.717) is 0 Å². The monoisotopic (exact) mass is 777 g/mol. The van der Waals surface area contributed by atoms with Gasteiger partial charge in [0.05, 0.1) is 43.8 Å². The number of aromatic carboxylic acids is 2. The summed E-state index contributed by atoms with van der Waals surface area (Å²) in [4.78, 5) is 38.4. The van der Waals surface area contributed by atoms with Gasteiger partial charge in [0.15, 0.2) is 0 Å². The smallest absolute Gasteiger partial charge is 0.545 e. The molecule has 0 saturated heterocycles. The van der Waals surface area contributed by atoms with Crippen molar-refractivity contribution >= 4 is 65.4 Å². The molecule has 4 aromatic carbocycles. The second-order valence-corrected chi connectivity index (χ2v) is 12.5. The fraction of sp³-hybridized carbons (Fsp3) is 0. The summed E-state index contributed by atoms with van der Waals surface area (Å²) in [5, 5.41) is 25.8. The number of carboxylic acids is 2.